The molecule has 0 radical (unpaired) electrons. The number of rotatable bonds is 2. The molecule has 3 atom stereocenters. The van der Waals surface area contributed by atoms with E-state index in [4.69, 9.17) is 0 Å². The molecule has 8 heteroatoms. The van der Waals surface area contributed by atoms with Gasteiger partial charge in [0, 0.05) is 50.0 Å². The molecule has 1 saturated heterocycles. The highest BCUT2D eigenvalue weighted by molar-refractivity contribution is 5.90. The molecule has 1 aromatic heterocycles. The fourth-order valence-electron chi connectivity index (χ4n) is 4.96. The van der Waals surface area contributed by atoms with Crippen molar-refractivity contribution >= 4 is 22.9 Å². The molecule has 2 fully saturated rings. The lowest BCUT2D eigenvalue weighted by Gasteiger charge is -2.38. The highest BCUT2D eigenvalue weighted by Gasteiger charge is 2.33. The number of nitrogens with zero attached hydrogens (tertiary/aromatic N) is 4. The van der Waals surface area contributed by atoms with Crippen LogP contribution in [0.25, 0.3) is 10.8 Å². The number of alkyl halides is 1. The summed E-state index contributed by atoms with van der Waals surface area (Å²) in [5.41, 5.74) is 0.563. The molecular formula is C22H25F2N5O. The molecule has 1 N–H and O–H groups in total. The van der Waals surface area contributed by atoms with Gasteiger partial charge in [-0.3, -0.25) is 9.69 Å². The maximum atomic E-state index is 14.0. The van der Waals surface area contributed by atoms with E-state index in [1.165, 1.54) is 12.3 Å². The van der Waals surface area contributed by atoms with Gasteiger partial charge in [-0.2, -0.15) is 0 Å². The normalized spacial score (nSPS) is 27.6. The Labute approximate surface area is 173 Å². The van der Waals surface area contributed by atoms with Crippen molar-refractivity contribution in [3.05, 3.63) is 46.1 Å². The molecule has 3 unspecified atom stereocenters. The molecule has 158 valence electrons. The SMILES string of the molecule is O=c1[nH]c(C2CCC(N3CCN(C4=NCC(F)C=N4)CC3)C2)cc2cccc(F)c12. The first-order valence-electron chi connectivity index (χ1n) is 10.6. The standard InChI is InChI=1S/C22H25F2N5O/c23-16-12-25-22(26-13-16)29-8-6-28(7-9-29)17-5-4-14(10-17)19-11-15-2-1-3-18(24)20(15)21(30)27-19/h1-3,11-12,14,16-17H,4-10,13H2,(H,27,30). The molecule has 3 heterocycles. The van der Waals surface area contributed by atoms with Gasteiger partial charge in [0.05, 0.1) is 11.9 Å². The number of hydrogen-bond acceptors (Lipinski definition) is 5. The Morgan fingerprint density at radius 1 is 1.13 bits per heavy atom. The molecule has 0 bridgehead atoms. The summed E-state index contributed by atoms with van der Waals surface area (Å²) in [6.07, 6.45) is 3.35. The zero-order valence-corrected chi connectivity index (χ0v) is 16.7. The topological polar surface area (TPSA) is 64.1 Å². The number of aromatic nitrogens is 1. The summed E-state index contributed by atoms with van der Waals surface area (Å²) in [7, 11) is 0. The summed E-state index contributed by atoms with van der Waals surface area (Å²) in [5.74, 6) is 0.451. The van der Waals surface area contributed by atoms with Gasteiger partial charge in [-0.1, -0.05) is 12.1 Å². The number of fused-ring (bicyclic) bond motifs is 1. The van der Waals surface area contributed by atoms with E-state index in [1.54, 1.807) is 12.1 Å². The summed E-state index contributed by atoms with van der Waals surface area (Å²) >= 11 is 0. The van der Waals surface area contributed by atoms with Gasteiger partial charge in [-0.05, 0) is 36.8 Å². The Bertz CT molecular complexity index is 1060. The number of pyridine rings is 1. The Morgan fingerprint density at radius 3 is 2.73 bits per heavy atom. The van der Waals surface area contributed by atoms with E-state index in [0.717, 1.165) is 51.1 Å². The van der Waals surface area contributed by atoms with Crippen molar-refractivity contribution in [1.29, 1.82) is 0 Å². The van der Waals surface area contributed by atoms with Gasteiger partial charge < -0.3 is 9.88 Å². The minimum Gasteiger partial charge on any atom is -0.339 e. The number of piperazine rings is 1. The number of nitrogens with one attached hydrogen (secondary N) is 1. The Morgan fingerprint density at radius 2 is 1.97 bits per heavy atom. The van der Waals surface area contributed by atoms with E-state index in [9.17, 15) is 13.6 Å². The average molecular weight is 413 g/mol. The van der Waals surface area contributed by atoms with Gasteiger partial charge in [-0.25, -0.2) is 18.8 Å². The minimum atomic E-state index is -1.07. The Kier molecular flexibility index (Phi) is 5.10. The van der Waals surface area contributed by atoms with Crippen molar-refractivity contribution in [2.45, 2.75) is 37.4 Å². The van der Waals surface area contributed by atoms with Crippen LogP contribution >= 0.6 is 0 Å². The van der Waals surface area contributed by atoms with E-state index >= 15 is 0 Å². The van der Waals surface area contributed by atoms with Crippen LogP contribution in [-0.4, -0.2) is 71.9 Å². The second kappa shape index (κ2) is 7.91. The van der Waals surface area contributed by atoms with E-state index in [1.807, 2.05) is 6.07 Å². The number of guanidine groups is 1. The van der Waals surface area contributed by atoms with Gasteiger partial charge in [-0.15, -0.1) is 0 Å². The van der Waals surface area contributed by atoms with E-state index in [-0.39, 0.29) is 23.4 Å². The zero-order valence-electron chi connectivity index (χ0n) is 16.7. The third kappa shape index (κ3) is 3.64. The third-order valence-corrected chi connectivity index (χ3v) is 6.56. The summed E-state index contributed by atoms with van der Waals surface area (Å²) in [6.45, 7) is 3.67. The van der Waals surface area contributed by atoms with Crippen LogP contribution < -0.4 is 5.56 Å². The molecule has 5 rings (SSSR count). The zero-order chi connectivity index (χ0) is 20.7. The fourth-order valence-corrected chi connectivity index (χ4v) is 4.96. The van der Waals surface area contributed by atoms with Crippen molar-refractivity contribution < 1.29 is 8.78 Å². The van der Waals surface area contributed by atoms with Crippen LogP contribution in [0.4, 0.5) is 8.78 Å². The number of benzene rings is 1. The molecular weight excluding hydrogens is 388 g/mol. The molecule has 1 aliphatic carbocycles. The molecule has 2 aliphatic heterocycles. The van der Waals surface area contributed by atoms with Crippen LogP contribution in [0, 0.1) is 5.82 Å². The first kappa shape index (κ1) is 19.4. The Balaban J connectivity index is 1.23. The van der Waals surface area contributed by atoms with Gasteiger partial charge >= 0.3 is 0 Å². The van der Waals surface area contributed by atoms with Crippen molar-refractivity contribution in [3.63, 3.8) is 0 Å². The van der Waals surface area contributed by atoms with Crippen LogP contribution in [0.1, 0.15) is 30.9 Å². The molecule has 3 aliphatic rings. The summed E-state index contributed by atoms with van der Waals surface area (Å²) < 4.78 is 27.2. The molecule has 0 amide bonds. The second-order valence-electron chi connectivity index (χ2n) is 8.38. The quantitative estimate of drug-likeness (QED) is 0.824. The first-order valence-corrected chi connectivity index (χ1v) is 10.6. The van der Waals surface area contributed by atoms with Crippen LogP contribution in [0.15, 0.2) is 39.0 Å². The monoisotopic (exact) mass is 413 g/mol. The van der Waals surface area contributed by atoms with Crippen LogP contribution in [0.5, 0.6) is 0 Å². The smallest absolute Gasteiger partial charge is 0.259 e. The van der Waals surface area contributed by atoms with E-state index < -0.39 is 12.0 Å². The van der Waals surface area contributed by atoms with E-state index in [2.05, 4.69) is 24.8 Å². The third-order valence-electron chi connectivity index (χ3n) is 6.56. The summed E-state index contributed by atoms with van der Waals surface area (Å²) in [4.78, 5) is 28.3. The maximum Gasteiger partial charge on any atom is 0.259 e. The maximum absolute atomic E-state index is 14.0. The number of H-pyrrole nitrogens is 1. The minimum absolute atomic E-state index is 0.138. The molecule has 6 nitrogen and oxygen atoms in total. The van der Waals surface area contributed by atoms with Crippen molar-refractivity contribution in [2.75, 3.05) is 32.7 Å². The van der Waals surface area contributed by atoms with Crippen LogP contribution in [-0.2, 0) is 0 Å². The highest BCUT2D eigenvalue weighted by Crippen LogP contribution is 2.37. The predicted octanol–water partition coefficient (Wildman–Crippen LogP) is 2.70. The molecule has 1 aromatic carbocycles. The molecule has 2 aromatic rings. The lowest BCUT2D eigenvalue weighted by Crippen LogP contribution is -2.51. The summed E-state index contributed by atoms with van der Waals surface area (Å²) in [5, 5.41) is 0.800. The van der Waals surface area contributed by atoms with Crippen LogP contribution in [0.3, 0.4) is 0 Å². The largest absolute Gasteiger partial charge is 0.339 e. The fraction of sp³-hybridized carbons (Fsp3) is 0.500. The lowest BCUT2D eigenvalue weighted by atomic mass is 10.00. The van der Waals surface area contributed by atoms with Gasteiger partial charge in [0.25, 0.3) is 5.56 Å². The number of halogens is 2. The molecule has 30 heavy (non-hydrogen) atoms. The number of aromatic amines is 1. The van der Waals surface area contributed by atoms with Gasteiger partial charge in [0.2, 0.25) is 5.96 Å². The summed E-state index contributed by atoms with van der Waals surface area (Å²) in [6, 6.07) is 7.16. The highest BCUT2D eigenvalue weighted by atomic mass is 19.1. The number of aliphatic imine (C=N–C) groups is 2. The van der Waals surface area contributed by atoms with Crippen LogP contribution in [0.2, 0.25) is 0 Å². The lowest BCUT2D eigenvalue weighted by molar-refractivity contribution is 0.132. The van der Waals surface area contributed by atoms with Crippen molar-refractivity contribution in [2.24, 2.45) is 9.98 Å². The average Bonchev–Trinajstić information content (AvgIpc) is 3.25. The Hall–Kier alpha value is -2.61. The predicted molar refractivity (Wildman–Crippen MR) is 114 cm³/mol. The molecule has 1 saturated carbocycles. The second-order valence-corrected chi connectivity index (χ2v) is 8.38. The van der Waals surface area contributed by atoms with Crippen molar-refractivity contribution in [1.82, 2.24) is 14.8 Å². The van der Waals surface area contributed by atoms with Gasteiger partial charge in [0.1, 0.15) is 5.82 Å². The number of hydrogen-bond donors (Lipinski definition) is 1. The van der Waals surface area contributed by atoms with Gasteiger partial charge in [0.15, 0.2) is 6.17 Å². The molecule has 0 spiro atoms. The van der Waals surface area contributed by atoms with Crippen molar-refractivity contribution in [3.8, 4) is 0 Å². The first-order chi connectivity index (χ1) is 14.6. The van der Waals surface area contributed by atoms with E-state index in [0.29, 0.717) is 17.4 Å².